The number of hydrogen-bond acceptors (Lipinski definition) is 6. The van der Waals surface area contributed by atoms with Gasteiger partial charge in [-0.05, 0) is 68.7 Å². The highest BCUT2D eigenvalue weighted by atomic mass is 32.2. The van der Waals surface area contributed by atoms with Gasteiger partial charge < -0.3 is 19.7 Å². The van der Waals surface area contributed by atoms with Crippen molar-refractivity contribution in [3.05, 3.63) is 83.9 Å². The van der Waals surface area contributed by atoms with Gasteiger partial charge in [0.05, 0.1) is 24.8 Å². The quantitative estimate of drug-likeness (QED) is 0.327. The molecule has 3 aromatic carbocycles. The number of rotatable bonds is 12. The summed E-state index contributed by atoms with van der Waals surface area (Å²) in [5, 5.41) is 3.08. The van der Waals surface area contributed by atoms with Crippen molar-refractivity contribution < 1.29 is 27.5 Å². The summed E-state index contributed by atoms with van der Waals surface area (Å²) in [5.41, 5.74) is 1.93. The zero-order valence-corrected chi connectivity index (χ0v) is 25.4. The molecule has 9 nitrogen and oxygen atoms in total. The Kier molecular flexibility index (Phi) is 10.1. The SMILES string of the molecule is COc1cccc(CN(C(=O)CN(c2cccc(OC)c2)S(=O)(=O)c2ccc(C)cc2)[C@@H](C)C(=O)NC2CCCC2)c1. The molecule has 0 radical (unpaired) electrons. The Labute approximate surface area is 248 Å². The van der Waals surface area contributed by atoms with Crippen LogP contribution in [0.3, 0.4) is 0 Å². The van der Waals surface area contributed by atoms with Crippen LogP contribution in [0.1, 0.15) is 43.7 Å². The predicted molar refractivity (Wildman–Crippen MR) is 162 cm³/mol. The Balaban J connectivity index is 1.70. The molecule has 0 spiro atoms. The molecule has 1 fully saturated rings. The van der Waals surface area contributed by atoms with E-state index in [-0.39, 0.29) is 29.1 Å². The Bertz CT molecular complexity index is 1490. The van der Waals surface area contributed by atoms with Crippen molar-refractivity contribution >= 4 is 27.5 Å². The molecule has 1 aliphatic carbocycles. The van der Waals surface area contributed by atoms with Gasteiger partial charge in [0.25, 0.3) is 10.0 Å². The summed E-state index contributed by atoms with van der Waals surface area (Å²) in [6.45, 7) is 3.11. The summed E-state index contributed by atoms with van der Waals surface area (Å²) < 4.78 is 39.8. The van der Waals surface area contributed by atoms with E-state index >= 15 is 0 Å². The number of benzene rings is 3. The number of methoxy groups -OCH3 is 2. The van der Waals surface area contributed by atoms with Crippen LogP contribution in [0.5, 0.6) is 11.5 Å². The number of nitrogens with zero attached hydrogens (tertiary/aromatic N) is 2. The molecule has 2 amide bonds. The van der Waals surface area contributed by atoms with E-state index in [1.807, 2.05) is 19.1 Å². The molecule has 1 atom stereocenters. The summed E-state index contributed by atoms with van der Waals surface area (Å²) in [4.78, 5) is 29.0. The first-order chi connectivity index (χ1) is 20.1. The number of hydrogen-bond donors (Lipinski definition) is 1. The number of sulfonamides is 1. The molecule has 1 N–H and O–H groups in total. The van der Waals surface area contributed by atoms with Gasteiger partial charge in [-0.15, -0.1) is 0 Å². The molecular weight excluding hydrogens is 554 g/mol. The first-order valence-electron chi connectivity index (χ1n) is 14.1. The minimum Gasteiger partial charge on any atom is -0.497 e. The molecule has 1 aliphatic rings. The van der Waals surface area contributed by atoms with E-state index in [0.29, 0.717) is 11.5 Å². The van der Waals surface area contributed by atoms with Crippen molar-refractivity contribution in [2.24, 2.45) is 0 Å². The molecule has 0 heterocycles. The van der Waals surface area contributed by atoms with E-state index in [9.17, 15) is 18.0 Å². The smallest absolute Gasteiger partial charge is 0.264 e. The number of carbonyl (C=O) groups is 2. The van der Waals surface area contributed by atoms with Gasteiger partial charge in [-0.1, -0.05) is 48.7 Å². The van der Waals surface area contributed by atoms with E-state index in [1.54, 1.807) is 62.6 Å². The van der Waals surface area contributed by atoms with Gasteiger partial charge in [-0.3, -0.25) is 13.9 Å². The summed E-state index contributed by atoms with van der Waals surface area (Å²) in [5.74, 6) is 0.266. The van der Waals surface area contributed by atoms with Crippen molar-refractivity contribution in [3.63, 3.8) is 0 Å². The van der Waals surface area contributed by atoms with Crippen molar-refractivity contribution in [2.45, 2.75) is 63.1 Å². The van der Waals surface area contributed by atoms with Crippen molar-refractivity contribution in [1.82, 2.24) is 10.2 Å². The first kappa shape index (κ1) is 30.9. The Morgan fingerprint density at radius 1 is 0.929 bits per heavy atom. The van der Waals surface area contributed by atoms with Gasteiger partial charge in [-0.2, -0.15) is 0 Å². The van der Waals surface area contributed by atoms with Crippen molar-refractivity contribution in [3.8, 4) is 11.5 Å². The fraction of sp³-hybridized carbons (Fsp3) is 0.375. The normalized spacial score (nSPS) is 14.2. The fourth-order valence-electron chi connectivity index (χ4n) is 5.07. The largest absolute Gasteiger partial charge is 0.497 e. The first-order valence-corrected chi connectivity index (χ1v) is 15.5. The summed E-state index contributed by atoms with van der Waals surface area (Å²) in [6, 6.07) is 19.5. The van der Waals surface area contributed by atoms with E-state index in [0.717, 1.165) is 41.1 Å². The molecule has 0 aromatic heterocycles. The lowest BCUT2D eigenvalue weighted by atomic mass is 10.1. The van der Waals surface area contributed by atoms with Gasteiger partial charge in [0, 0.05) is 18.7 Å². The molecule has 0 bridgehead atoms. The Morgan fingerprint density at radius 3 is 2.19 bits per heavy atom. The van der Waals surface area contributed by atoms with Gasteiger partial charge in [0.15, 0.2) is 0 Å². The fourth-order valence-corrected chi connectivity index (χ4v) is 6.48. The second kappa shape index (κ2) is 13.7. The molecule has 0 aliphatic heterocycles. The van der Waals surface area contributed by atoms with Crippen LogP contribution in [0.25, 0.3) is 0 Å². The lowest BCUT2D eigenvalue weighted by molar-refractivity contribution is -0.139. The zero-order valence-electron chi connectivity index (χ0n) is 24.6. The van der Waals surface area contributed by atoms with Crippen LogP contribution >= 0.6 is 0 Å². The minimum atomic E-state index is -4.16. The highest BCUT2D eigenvalue weighted by Gasteiger charge is 2.33. The highest BCUT2D eigenvalue weighted by Crippen LogP contribution is 2.28. The van der Waals surface area contributed by atoms with Gasteiger partial charge in [-0.25, -0.2) is 8.42 Å². The van der Waals surface area contributed by atoms with Crippen molar-refractivity contribution in [2.75, 3.05) is 25.1 Å². The second-order valence-corrected chi connectivity index (χ2v) is 12.4. The monoisotopic (exact) mass is 593 g/mol. The molecule has 224 valence electrons. The molecule has 42 heavy (non-hydrogen) atoms. The third-order valence-electron chi connectivity index (χ3n) is 7.59. The molecule has 0 saturated heterocycles. The number of ether oxygens (including phenoxy) is 2. The number of amides is 2. The maximum atomic E-state index is 14.1. The van der Waals surface area contributed by atoms with Gasteiger partial charge >= 0.3 is 0 Å². The average Bonchev–Trinajstić information content (AvgIpc) is 3.51. The Morgan fingerprint density at radius 2 is 1.55 bits per heavy atom. The standard InChI is InChI=1S/C32H39N3O6S/c1-23-15-17-30(18-16-23)42(38,39)35(27-12-8-14-29(20-27)41-4)22-31(36)34(21-25-9-7-13-28(19-25)40-3)24(2)32(37)33-26-10-5-6-11-26/h7-9,12-20,24,26H,5-6,10-11,21-22H2,1-4H3,(H,33,37)/t24-/m0/s1. The number of anilines is 1. The number of aryl methyl sites for hydroxylation is 1. The van der Waals surface area contributed by atoms with Crippen LogP contribution < -0.4 is 19.1 Å². The molecule has 1 saturated carbocycles. The van der Waals surface area contributed by atoms with E-state index in [4.69, 9.17) is 9.47 Å². The molecular formula is C32H39N3O6S. The van der Waals surface area contributed by atoms with Gasteiger partial charge in [0.1, 0.15) is 24.1 Å². The minimum absolute atomic E-state index is 0.0510. The van der Waals surface area contributed by atoms with Crippen LogP contribution in [0.4, 0.5) is 5.69 Å². The molecule has 10 heteroatoms. The average molecular weight is 594 g/mol. The summed E-state index contributed by atoms with van der Waals surface area (Å²) in [6.07, 6.45) is 3.91. The van der Waals surface area contributed by atoms with Crippen LogP contribution in [-0.4, -0.2) is 58.0 Å². The second-order valence-electron chi connectivity index (χ2n) is 10.6. The number of nitrogens with one attached hydrogen (secondary N) is 1. The molecule has 3 aromatic rings. The summed E-state index contributed by atoms with van der Waals surface area (Å²) >= 11 is 0. The van der Waals surface area contributed by atoms with Crippen LogP contribution in [0, 0.1) is 6.92 Å². The lowest BCUT2D eigenvalue weighted by Gasteiger charge is -2.32. The van der Waals surface area contributed by atoms with Gasteiger partial charge in [0.2, 0.25) is 11.8 Å². The maximum absolute atomic E-state index is 14.1. The predicted octanol–water partition coefficient (Wildman–Crippen LogP) is 4.68. The number of carbonyl (C=O) groups excluding carboxylic acids is 2. The molecule has 4 rings (SSSR count). The lowest BCUT2D eigenvalue weighted by Crippen LogP contribution is -2.52. The van der Waals surface area contributed by atoms with E-state index < -0.39 is 28.5 Å². The van der Waals surface area contributed by atoms with Crippen molar-refractivity contribution in [1.29, 1.82) is 0 Å². The third-order valence-corrected chi connectivity index (χ3v) is 9.37. The molecule has 0 unspecified atom stereocenters. The highest BCUT2D eigenvalue weighted by molar-refractivity contribution is 7.92. The zero-order chi connectivity index (χ0) is 30.3. The van der Waals surface area contributed by atoms with Crippen LogP contribution in [0.2, 0.25) is 0 Å². The van der Waals surface area contributed by atoms with E-state index in [1.165, 1.54) is 24.1 Å². The topological polar surface area (TPSA) is 105 Å². The van der Waals surface area contributed by atoms with Crippen LogP contribution in [0.15, 0.2) is 77.7 Å². The maximum Gasteiger partial charge on any atom is 0.264 e. The third kappa shape index (κ3) is 7.42. The van der Waals surface area contributed by atoms with Crippen LogP contribution in [-0.2, 0) is 26.2 Å². The Hall–Kier alpha value is -4.05. The van der Waals surface area contributed by atoms with E-state index in [2.05, 4.69) is 5.32 Å². The summed E-state index contributed by atoms with van der Waals surface area (Å²) in [7, 11) is -1.12.